The summed E-state index contributed by atoms with van der Waals surface area (Å²) in [5.41, 5.74) is 1.21. The quantitative estimate of drug-likeness (QED) is 0.187. The van der Waals surface area contributed by atoms with Gasteiger partial charge in [0.15, 0.2) is 5.78 Å². The zero-order valence-corrected chi connectivity index (χ0v) is 19.3. The molecule has 0 saturated carbocycles. The monoisotopic (exact) mass is 503 g/mol. The fraction of sp³-hybridized carbons (Fsp3) is 0.0909. The average molecular weight is 504 g/mol. The van der Waals surface area contributed by atoms with Crippen LogP contribution in [0, 0.1) is 0 Å². The van der Waals surface area contributed by atoms with Crippen LogP contribution in [-0.4, -0.2) is 39.0 Å². The first-order chi connectivity index (χ1) is 16.0. The predicted octanol–water partition coefficient (Wildman–Crippen LogP) is 2.96. The lowest BCUT2D eigenvalue weighted by atomic mass is 10.1. The summed E-state index contributed by atoms with van der Waals surface area (Å²) < 4.78 is 58.2. The SMILES string of the molecule is O=C(CC(=O)c1ccccc1)Nc1ccc(NS(=O)(=O)c2cccc(NCS(=O)(=O)O)c2)cc1. The van der Waals surface area contributed by atoms with Crippen molar-refractivity contribution in [3.63, 3.8) is 0 Å². The maximum Gasteiger partial charge on any atom is 0.283 e. The third-order valence-electron chi connectivity index (χ3n) is 4.44. The molecule has 1 amide bonds. The van der Waals surface area contributed by atoms with Crippen LogP contribution in [0.4, 0.5) is 17.1 Å². The molecule has 0 fully saturated rings. The maximum absolute atomic E-state index is 12.7. The van der Waals surface area contributed by atoms with E-state index in [2.05, 4.69) is 15.4 Å². The summed E-state index contributed by atoms with van der Waals surface area (Å²) in [6, 6.07) is 19.6. The van der Waals surface area contributed by atoms with E-state index in [0.717, 1.165) is 0 Å². The maximum atomic E-state index is 12.7. The van der Waals surface area contributed by atoms with Crippen LogP contribution in [0.25, 0.3) is 0 Å². The van der Waals surface area contributed by atoms with Crippen molar-refractivity contribution in [2.45, 2.75) is 11.3 Å². The molecular formula is C22H21N3O7S2. The first-order valence-corrected chi connectivity index (χ1v) is 12.9. The molecule has 0 unspecified atom stereocenters. The molecule has 3 aromatic rings. The van der Waals surface area contributed by atoms with E-state index in [-0.39, 0.29) is 28.5 Å². The van der Waals surface area contributed by atoms with Gasteiger partial charge in [-0.05, 0) is 42.5 Å². The topological polar surface area (TPSA) is 159 Å². The van der Waals surface area contributed by atoms with Gasteiger partial charge in [0, 0.05) is 22.6 Å². The van der Waals surface area contributed by atoms with Gasteiger partial charge >= 0.3 is 0 Å². The Hall–Kier alpha value is -3.74. The molecular weight excluding hydrogens is 482 g/mol. The van der Waals surface area contributed by atoms with Crippen LogP contribution in [0.5, 0.6) is 0 Å². The molecule has 178 valence electrons. The van der Waals surface area contributed by atoms with Crippen molar-refractivity contribution >= 4 is 48.9 Å². The molecule has 0 heterocycles. The van der Waals surface area contributed by atoms with Crippen LogP contribution in [-0.2, 0) is 24.9 Å². The lowest BCUT2D eigenvalue weighted by Crippen LogP contribution is -2.17. The molecule has 0 saturated heterocycles. The molecule has 0 radical (unpaired) electrons. The minimum Gasteiger partial charge on any atom is -0.370 e. The number of anilines is 3. The van der Waals surface area contributed by atoms with Crippen molar-refractivity contribution in [3.8, 4) is 0 Å². The number of sulfonamides is 1. The fourth-order valence-electron chi connectivity index (χ4n) is 2.86. The molecule has 3 rings (SSSR count). The second-order valence-electron chi connectivity index (χ2n) is 7.13. The minimum atomic E-state index is -4.28. The summed E-state index contributed by atoms with van der Waals surface area (Å²) in [6.07, 6.45) is -0.333. The first-order valence-electron chi connectivity index (χ1n) is 9.82. The standard InChI is InChI=1S/C22H21N3O7S2/c26-21(16-5-2-1-3-6-16)14-22(27)24-17-9-11-18(12-10-17)25-34(31,32)20-8-4-7-19(13-20)23-15-33(28,29)30/h1-13,23,25H,14-15H2,(H,24,27)(H,28,29,30). The van der Waals surface area contributed by atoms with E-state index < -0.39 is 31.9 Å². The summed E-state index contributed by atoms with van der Waals surface area (Å²) in [6.45, 7) is 0. The number of ketones is 1. The van der Waals surface area contributed by atoms with Gasteiger partial charge < -0.3 is 10.6 Å². The Morgan fingerprint density at radius 1 is 0.765 bits per heavy atom. The Balaban J connectivity index is 1.61. The third kappa shape index (κ3) is 7.40. The predicted molar refractivity (Wildman–Crippen MR) is 128 cm³/mol. The van der Waals surface area contributed by atoms with Gasteiger partial charge in [-0.15, -0.1) is 0 Å². The van der Waals surface area contributed by atoms with E-state index in [1.54, 1.807) is 30.3 Å². The van der Waals surface area contributed by atoms with Gasteiger partial charge in [0.05, 0.1) is 11.3 Å². The molecule has 10 nitrogen and oxygen atoms in total. The molecule has 0 aliphatic carbocycles. The summed E-state index contributed by atoms with van der Waals surface area (Å²) in [7, 11) is -8.28. The van der Waals surface area contributed by atoms with Gasteiger partial charge in [0.1, 0.15) is 5.88 Å². The Bertz CT molecular complexity index is 1390. The van der Waals surface area contributed by atoms with Crippen LogP contribution in [0.1, 0.15) is 16.8 Å². The first kappa shape index (κ1) is 24.9. The molecule has 4 N–H and O–H groups in total. The van der Waals surface area contributed by atoms with Crippen molar-refractivity contribution < 1.29 is 31.0 Å². The molecule has 0 bridgehead atoms. The van der Waals surface area contributed by atoms with E-state index in [9.17, 15) is 26.4 Å². The van der Waals surface area contributed by atoms with E-state index in [1.807, 2.05) is 0 Å². The van der Waals surface area contributed by atoms with Crippen LogP contribution >= 0.6 is 0 Å². The van der Waals surface area contributed by atoms with Crippen molar-refractivity contribution in [2.24, 2.45) is 0 Å². The number of amides is 1. The lowest BCUT2D eigenvalue weighted by molar-refractivity contribution is -0.115. The van der Waals surface area contributed by atoms with E-state index in [1.165, 1.54) is 48.5 Å². The van der Waals surface area contributed by atoms with Gasteiger partial charge in [-0.2, -0.15) is 8.42 Å². The van der Waals surface area contributed by atoms with E-state index >= 15 is 0 Å². The van der Waals surface area contributed by atoms with Crippen LogP contribution in [0.2, 0.25) is 0 Å². The highest BCUT2D eigenvalue weighted by Crippen LogP contribution is 2.21. The van der Waals surface area contributed by atoms with Crippen molar-refractivity contribution in [1.82, 2.24) is 0 Å². The van der Waals surface area contributed by atoms with E-state index in [4.69, 9.17) is 4.55 Å². The van der Waals surface area contributed by atoms with Gasteiger partial charge in [-0.3, -0.25) is 18.9 Å². The molecule has 0 atom stereocenters. The highest BCUT2D eigenvalue weighted by atomic mass is 32.2. The highest BCUT2D eigenvalue weighted by Gasteiger charge is 2.16. The minimum absolute atomic E-state index is 0.135. The number of carbonyl (C=O) groups is 2. The summed E-state index contributed by atoms with van der Waals surface area (Å²) in [5.74, 6) is -1.60. The molecule has 0 spiro atoms. The zero-order valence-electron chi connectivity index (χ0n) is 17.6. The largest absolute Gasteiger partial charge is 0.370 e. The summed E-state index contributed by atoms with van der Waals surface area (Å²) in [5, 5.41) is 5.00. The second-order valence-corrected chi connectivity index (χ2v) is 10.3. The number of hydrogen-bond donors (Lipinski definition) is 4. The molecule has 12 heteroatoms. The van der Waals surface area contributed by atoms with Crippen LogP contribution in [0.15, 0.2) is 83.8 Å². The molecule has 3 aromatic carbocycles. The third-order valence-corrected chi connectivity index (χ3v) is 6.33. The smallest absolute Gasteiger partial charge is 0.283 e. The summed E-state index contributed by atoms with van der Waals surface area (Å²) >= 11 is 0. The number of rotatable bonds is 10. The average Bonchev–Trinajstić information content (AvgIpc) is 2.79. The van der Waals surface area contributed by atoms with Crippen LogP contribution < -0.4 is 15.4 Å². The Morgan fingerprint density at radius 2 is 1.41 bits per heavy atom. The van der Waals surface area contributed by atoms with Crippen molar-refractivity contribution in [3.05, 3.63) is 84.4 Å². The molecule has 0 aromatic heterocycles. The Morgan fingerprint density at radius 3 is 2.06 bits per heavy atom. The number of benzene rings is 3. The Kier molecular flexibility index (Phi) is 7.66. The zero-order chi connectivity index (χ0) is 24.8. The molecule has 0 aliphatic heterocycles. The van der Waals surface area contributed by atoms with E-state index in [0.29, 0.717) is 11.3 Å². The molecule has 0 aliphatic rings. The summed E-state index contributed by atoms with van der Waals surface area (Å²) in [4.78, 5) is 24.1. The van der Waals surface area contributed by atoms with Gasteiger partial charge in [-0.1, -0.05) is 36.4 Å². The van der Waals surface area contributed by atoms with Crippen molar-refractivity contribution in [1.29, 1.82) is 0 Å². The van der Waals surface area contributed by atoms with Gasteiger partial charge in [0.25, 0.3) is 20.1 Å². The normalized spacial score (nSPS) is 11.4. The number of Topliss-reactive ketones (excluding diaryl/α,β-unsaturated/α-hetero) is 1. The van der Waals surface area contributed by atoms with Gasteiger partial charge in [0.2, 0.25) is 5.91 Å². The Labute approximate surface area is 196 Å². The highest BCUT2D eigenvalue weighted by molar-refractivity contribution is 7.92. The number of carbonyl (C=O) groups excluding carboxylic acids is 2. The lowest BCUT2D eigenvalue weighted by Gasteiger charge is -2.11. The number of nitrogens with one attached hydrogen (secondary N) is 3. The second kappa shape index (κ2) is 10.5. The molecule has 34 heavy (non-hydrogen) atoms. The van der Waals surface area contributed by atoms with Crippen LogP contribution in [0.3, 0.4) is 0 Å². The van der Waals surface area contributed by atoms with Gasteiger partial charge in [-0.25, -0.2) is 8.42 Å². The number of hydrogen-bond acceptors (Lipinski definition) is 7. The van der Waals surface area contributed by atoms with Crippen molar-refractivity contribution in [2.75, 3.05) is 21.2 Å². The fourth-order valence-corrected chi connectivity index (χ4v) is 4.31.